The van der Waals surface area contributed by atoms with E-state index in [0.717, 1.165) is 10.7 Å². The molecule has 0 unspecified atom stereocenters. The standard InChI is InChI=1S/C16H18ClNO3S/c1-20-10-8-18(11-14-3-2-9-21-14)16(19)12-22-15-6-4-13(17)5-7-15/h2-7,9H,8,10-12H2,1H3. The number of halogens is 1. The summed E-state index contributed by atoms with van der Waals surface area (Å²) in [6.07, 6.45) is 1.61. The van der Waals surface area contributed by atoms with Gasteiger partial charge in [0.1, 0.15) is 5.76 Å². The van der Waals surface area contributed by atoms with Gasteiger partial charge in [-0.05, 0) is 36.4 Å². The van der Waals surface area contributed by atoms with Crippen molar-refractivity contribution >= 4 is 29.3 Å². The molecule has 118 valence electrons. The predicted octanol–water partition coefficient (Wildman–Crippen LogP) is 3.70. The van der Waals surface area contributed by atoms with E-state index in [1.54, 1.807) is 18.3 Å². The Labute approximate surface area is 139 Å². The maximum atomic E-state index is 12.4. The van der Waals surface area contributed by atoms with Crippen molar-refractivity contribution in [3.05, 3.63) is 53.4 Å². The predicted molar refractivity (Wildman–Crippen MR) is 88.2 cm³/mol. The van der Waals surface area contributed by atoms with E-state index in [-0.39, 0.29) is 5.91 Å². The molecule has 4 nitrogen and oxygen atoms in total. The number of amides is 1. The van der Waals surface area contributed by atoms with Crippen molar-refractivity contribution in [2.45, 2.75) is 11.4 Å². The first-order chi connectivity index (χ1) is 10.7. The molecule has 0 saturated heterocycles. The third-order valence-electron chi connectivity index (χ3n) is 3.02. The van der Waals surface area contributed by atoms with Crippen LogP contribution in [0.15, 0.2) is 52.0 Å². The number of rotatable bonds is 8. The summed E-state index contributed by atoms with van der Waals surface area (Å²) in [6.45, 7) is 1.49. The van der Waals surface area contributed by atoms with Crippen molar-refractivity contribution in [1.29, 1.82) is 0 Å². The van der Waals surface area contributed by atoms with E-state index in [1.165, 1.54) is 11.8 Å². The molecule has 0 spiro atoms. The first-order valence-electron chi connectivity index (χ1n) is 6.86. The quantitative estimate of drug-likeness (QED) is 0.688. The number of nitrogens with zero attached hydrogens (tertiary/aromatic N) is 1. The summed E-state index contributed by atoms with van der Waals surface area (Å²) in [7, 11) is 1.62. The van der Waals surface area contributed by atoms with E-state index in [2.05, 4.69) is 0 Å². The molecule has 1 heterocycles. The lowest BCUT2D eigenvalue weighted by Gasteiger charge is -2.21. The summed E-state index contributed by atoms with van der Waals surface area (Å²) in [5.74, 6) is 1.18. The third-order valence-corrected chi connectivity index (χ3v) is 4.27. The molecule has 1 aromatic heterocycles. The van der Waals surface area contributed by atoms with Gasteiger partial charge in [0.2, 0.25) is 5.91 Å². The zero-order valence-electron chi connectivity index (χ0n) is 12.3. The molecule has 0 fully saturated rings. The lowest BCUT2D eigenvalue weighted by Crippen LogP contribution is -2.34. The number of benzene rings is 1. The normalized spacial score (nSPS) is 10.6. The van der Waals surface area contributed by atoms with Gasteiger partial charge in [-0.25, -0.2) is 0 Å². The second-order valence-corrected chi connectivity index (χ2v) is 6.12. The maximum Gasteiger partial charge on any atom is 0.233 e. The van der Waals surface area contributed by atoms with Crippen LogP contribution in [0.25, 0.3) is 0 Å². The monoisotopic (exact) mass is 339 g/mol. The van der Waals surface area contributed by atoms with Crippen molar-refractivity contribution in [3.63, 3.8) is 0 Å². The second kappa shape index (κ2) is 8.88. The molecular weight excluding hydrogens is 322 g/mol. The van der Waals surface area contributed by atoms with Crippen LogP contribution in [0.1, 0.15) is 5.76 Å². The van der Waals surface area contributed by atoms with E-state index in [0.29, 0.717) is 30.5 Å². The molecule has 0 radical (unpaired) electrons. The van der Waals surface area contributed by atoms with Gasteiger partial charge in [0.05, 0.1) is 25.2 Å². The van der Waals surface area contributed by atoms with Crippen LogP contribution in [0.5, 0.6) is 0 Å². The SMILES string of the molecule is COCCN(Cc1ccco1)C(=O)CSc1ccc(Cl)cc1. The summed E-state index contributed by atoms with van der Waals surface area (Å²) in [6, 6.07) is 11.1. The first-order valence-corrected chi connectivity index (χ1v) is 8.23. The number of hydrogen-bond acceptors (Lipinski definition) is 4. The third kappa shape index (κ3) is 5.40. The zero-order valence-corrected chi connectivity index (χ0v) is 13.9. The van der Waals surface area contributed by atoms with Gasteiger partial charge >= 0.3 is 0 Å². The Morgan fingerprint density at radius 3 is 2.73 bits per heavy atom. The molecule has 0 aliphatic heterocycles. The Balaban J connectivity index is 1.91. The molecule has 0 saturated carbocycles. The van der Waals surface area contributed by atoms with Crippen LogP contribution < -0.4 is 0 Å². The minimum absolute atomic E-state index is 0.0494. The number of methoxy groups -OCH3 is 1. The molecule has 1 aromatic carbocycles. The highest BCUT2D eigenvalue weighted by Crippen LogP contribution is 2.21. The molecular formula is C16H18ClNO3S. The Morgan fingerprint density at radius 2 is 2.09 bits per heavy atom. The van der Waals surface area contributed by atoms with Crippen LogP contribution in [0.4, 0.5) is 0 Å². The van der Waals surface area contributed by atoms with Crippen molar-refractivity contribution in [1.82, 2.24) is 4.90 Å². The molecule has 2 rings (SSSR count). The molecule has 0 aliphatic rings. The highest BCUT2D eigenvalue weighted by molar-refractivity contribution is 8.00. The number of hydrogen-bond donors (Lipinski definition) is 0. The molecule has 0 atom stereocenters. The zero-order chi connectivity index (χ0) is 15.8. The molecule has 22 heavy (non-hydrogen) atoms. The van der Waals surface area contributed by atoms with Gasteiger partial charge in [0.25, 0.3) is 0 Å². The maximum absolute atomic E-state index is 12.4. The fourth-order valence-electron chi connectivity index (χ4n) is 1.85. The smallest absolute Gasteiger partial charge is 0.233 e. The minimum Gasteiger partial charge on any atom is -0.467 e. The topological polar surface area (TPSA) is 42.7 Å². The summed E-state index contributed by atoms with van der Waals surface area (Å²) in [4.78, 5) is 15.2. The van der Waals surface area contributed by atoms with E-state index in [1.807, 2.05) is 36.4 Å². The highest BCUT2D eigenvalue weighted by atomic mass is 35.5. The van der Waals surface area contributed by atoms with Gasteiger partial charge in [-0.3, -0.25) is 4.79 Å². The lowest BCUT2D eigenvalue weighted by atomic mass is 10.4. The van der Waals surface area contributed by atoms with Crippen LogP contribution in [0.3, 0.4) is 0 Å². The van der Waals surface area contributed by atoms with Crippen molar-refractivity contribution in [2.24, 2.45) is 0 Å². The van der Waals surface area contributed by atoms with Gasteiger partial charge in [-0.15, -0.1) is 11.8 Å². The van der Waals surface area contributed by atoms with E-state index < -0.39 is 0 Å². The highest BCUT2D eigenvalue weighted by Gasteiger charge is 2.15. The fourth-order valence-corrected chi connectivity index (χ4v) is 2.78. The Kier molecular flexibility index (Phi) is 6.83. The molecule has 2 aromatic rings. The number of ether oxygens (including phenoxy) is 1. The number of thioether (sulfide) groups is 1. The molecule has 0 N–H and O–H groups in total. The second-order valence-electron chi connectivity index (χ2n) is 4.63. The van der Waals surface area contributed by atoms with Crippen LogP contribution in [0, 0.1) is 0 Å². The average Bonchev–Trinajstić information content (AvgIpc) is 3.03. The first kappa shape index (κ1) is 16.9. The molecule has 6 heteroatoms. The van der Waals surface area contributed by atoms with Crippen molar-refractivity contribution < 1.29 is 13.9 Å². The van der Waals surface area contributed by atoms with Crippen molar-refractivity contribution in [2.75, 3.05) is 26.0 Å². The van der Waals surface area contributed by atoms with Crippen LogP contribution >= 0.6 is 23.4 Å². The fraction of sp³-hybridized carbons (Fsp3) is 0.312. The molecule has 1 amide bonds. The van der Waals surface area contributed by atoms with Crippen molar-refractivity contribution in [3.8, 4) is 0 Å². The van der Waals surface area contributed by atoms with Gasteiger partial charge in [-0.2, -0.15) is 0 Å². The van der Waals surface area contributed by atoms with E-state index in [4.69, 9.17) is 20.8 Å². The number of carbonyl (C=O) groups is 1. The van der Waals surface area contributed by atoms with Crippen LogP contribution in [-0.4, -0.2) is 36.8 Å². The van der Waals surface area contributed by atoms with E-state index in [9.17, 15) is 4.79 Å². The van der Waals surface area contributed by atoms with Crippen LogP contribution in [-0.2, 0) is 16.1 Å². The van der Waals surface area contributed by atoms with E-state index >= 15 is 0 Å². The summed E-state index contributed by atoms with van der Waals surface area (Å²) in [5, 5.41) is 0.690. The van der Waals surface area contributed by atoms with Crippen LogP contribution in [0.2, 0.25) is 5.02 Å². The number of furan rings is 1. The lowest BCUT2D eigenvalue weighted by molar-refractivity contribution is -0.129. The van der Waals surface area contributed by atoms with Gasteiger partial charge < -0.3 is 14.1 Å². The Morgan fingerprint density at radius 1 is 1.32 bits per heavy atom. The summed E-state index contributed by atoms with van der Waals surface area (Å²) in [5.41, 5.74) is 0. The van der Waals surface area contributed by atoms with Gasteiger partial charge in [0, 0.05) is 23.6 Å². The number of carbonyl (C=O) groups excluding carboxylic acids is 1. The average molecular weight is 340 g/mol. The Hall–Kier alpha value is -1.43. The van der Waals surface area contributed by atoms with Gasteiger partial charge in [-0.1, -0.05) is 11.6 Å². The van der Waals surface area contributed by atoms with Gasteiger partial charge in [0.15, 0.2) is 0 Å². The summed E-state index contributed by atoms with van der Waals surface area (Å²) >= 11 is 7.34. The Bertz CT molecular complexity index is 572. The largest absolute Gasteiger partial charge is 0.467 e. The summed E-state index contributed by atoms with van der Waals surface area (Å²) < 4.78 is 10.4. The molecule has 0 aliphatic carbocycles. The minimum atomic E-state index is 0.0494. The molecule has 0 bridgehead atoms.